The van der Waals surface area contributed by atoms with Gasteiger partial charge >= 0.3 is 0 Å². The third-order valence-electron chi connectivity index (χ3n) is 1.16. The first-order valence-electron chi connectivity index (χ1n) is 2.71. The molecule has 0 unspecified atom stereocenters. The Kier molecular flexibility index (Phi) is 1.43. The van der Waals surface area contributed by atoms with Gasteiger partial charge in [-0.05, 0) is 15.9 Å². The Morgan fingerprint density at radius 2 is 2.10 bits per heavy atom. The van der Waals surface area contributed by atoms with E-state index in [0.29, 0.717) is 0 Å². The van der Waals surface area contributed by atoms with Crippen molar-refractivity contribution in [1.82, 2.24) is 9.97 Å². The highest BCUT2D eigenvalue weighted by Gasteiger charge is 1.95. The summed E-state index contributed by atoms with van der Waals surface area (Å²) >= 11 is 4.86. The predicted octanol–water partition coefficient (Wildman–Crippen LogP) is 2.45. The van der Waals surface area contributed by atoms with Gasteiger partial charge in [0.1, 0.15) is 10.1 Å². The van der Waals surface area contributed by atoms with Gasteiger partial charge in [0.05, 0.1) is 11.7 Å². The molecule has 0 amide bonds. The second-order valence-corrected chi connectivity index (χ2v) is 3.39. The topological polar surface area (TPSA) is 25.8 Å². The van der Waals surface area contributed by atoms with Crippen LogP contribution in [0.3, 0.4) is 0 Å². The lowest BCUT2D eigenvalue weighted by molar-refractivity contribution is 1.26. The first-order chi connectivity index (χ1) is 4.86. The molecule has 0 atom stereocenters. The monoisotopic (exact) mass is 214 g/mol. The number of rotatable bonds is 0. The molecule has 4 heteroatoms. The zero-order valence-electron chi connectivity index (χ0n) is 4.91. The van der Waals surface area contributed by atoms with Gasteiger partial charge < -0.3 is 0 Å². The van der Waals surface area contributed by atoms with Gasteiger partial charge in [0.15, 0.2) is 0 Å². The van der Waals surface area contributed by atoms with Crippen molar-refractivity contribution in [3.63, 3.8) is 0 Å². The minimum atomic E-state index is 0.790. The number of fused-ring (bicyclic) bond motifs is 1. The zero-order chi connectivity index (χ0) is 6.97. The van der Waals surface area contributed by atoms with E-state index >= 15 is 0 Å². The van der Waals surface area contributed by atoms with Crippen LogP contribution in [0.2, 0.25) is 0 Å². The smallest absolute Gasteiger partial charge is 0.125 e. The molecule has 2 heterocycles. The molecule has 0 N–H and O–H groups in total. The lowest BCUT2D eigenvalue weighted by Gasteiger charge is -1.87. The maximum absolute atomic E-state index is 4.20. The van der Waals surface area contributed by atoms with E-state index in [9.17, 15) is 0 Å². The van der Waals surface area contributed by atoms with Crippen molar-refractivity contribution in [2.45, 2.75) is 0 Å². The van der Waals surface area contributed by atoms with Crippen molar-refractivity contribution >= 4 is 38.3 Å². The van der Waals surface area contributed by atoms with E-state index in [4.69, 9.17) is 0 Å². The molecular formula is C6H3BrN2S. The van der Waals surface area contributed by atoms with E-state index in [1.54, 1.807) is 17.5 Å². The second-order valence-electron chi connectivity index (χ2n) is 1.83. The molecule has 50 valence electrons. The van der Waals surface area contributed by atoms with Crippen LogP contribution in [0.4, 0.5) is 0 Å². The van der Waals surface area contributed by atoms with Crippen molar-refractivity contribution in [3.8, 4) is 0 Å². The van der Waals surface area contributed by atoms with E-state index in [1.807, 2.05) is 10.8 Å². The molecule has 2 nitrogen and oxygen atoms in total. The Bertz CT molecular complexity index is 357. The Balaban J connectivity index is 2.86. The standard InChI is InChI=1S/C6H3BrN2S/c7-6-1-8-4-2-10-3-5(4)9-6/h1-3H. The number of thiophene rings is 1. The second kappa shape index (κ2) is 2.29. The van der Waals surface area contributed by atoms with Crippen molar-refractivity contribution in [2.75, 3.05) is 0 Å². The van der Waals surface area contributed by atoms with Crippen LogP contribution in [0.15, 0.2) is 21.6 Å². The van der Waals surface area contributed by atoms with Gasteiger partial charge in [-0.3, -0.25) is 4.98 Å². The molecule has 0 spiro atoms. The minimum Gasteiger partial charge on any atom is -0.251 e. The summed E-state index contributed by atoms with van der Waals surface area (Å²) in [4.78, 5) is 8.34. The maximum atomic E-state index is 4.20. The number of hydrogen-bond donors (Lipinski definition) is 0. The van der Waals surface area contributed by atoms with E-state index in [2.05, 4.69) is 25.9 Å². The van der Waals surface area contributed by atoms with Gasteiger partial charge in [-0.15, -0.1) is 11.3 Å². The summed E-state index contributed by atoms with van der Waals surface area (Å²) in [5.74, 6) is 0. The summed E-state index contributed by atoms with van der Waals surface area (Å²) in [5, 5.41) is 3.96. The molecule has 0 saturated carbocycles. The summed E-state index contributed by atoms with van der Waals surface area (Å²) in [6.45, 7) is 0. The van der Waals surface area contributed by atoms with Gasteiger partial charge in [0, 0.05) is 10.8 Å². The summed E-state index contributed by atoms with van der Waals surface area (Å²) in [5.41, 5.74) is 1.92. The van der Waals surface area contributed by atoms with Crippen LogP contribution in [0, 0.1) is 0 Å². The van der Waals surface area contributed by atoms with Gasteiger partial charge in [0.25, 0.3) is 0 Å². The van der Waals surface area contributed by atoms with Crippen LogP contribution in [0.25, 0.3) is 11.0 Å². The summed E-state index contributed by atoms with van der Waals surface area (Å²) in [7, 11) is 0. The van der Waals surface area contributed by atoms with Crippen LogP contribution < -0.4 is 0 Å². The average Bonchev–Trinajstić information content (AvgIpc) is 2.33. The number of aromatic nitrogens is 2. The van der Waals surface area contributed by atoms with Crippen molar-refractivity contribution in [2.24, 2.45) is 0 Å². The zero-order valence-corrected chi connectivity index (χ0v) is 7.32. The molecule has 0 aromatic carbocycles. The van der Waals surface area contributed by atoms with Crippen LogP contribution in [-0.2, 0) is 0 Å². The lowest BCUT2D eigenvalue weighted by Crippen LogP contribution is -1.77. The third kappa shape index (κ3) is 0.932. The van der Waals surface area contributed by atoms with Gasteiger partial charge in [-0.1, -0.05) is 0 Å². The maximum Gasteiger partial charge on any atom is 0.125 e. The van der Waals surface area contributed by atoms with Crippen molar-refractivity contribution in [1.29, 1.82) is 0 Å². The fourth-order valence-electron chi connectivity index (χ4n) is 0.731. The molecule has 0 saturated heterocycles. The van der Waals surface area contributed by atoms with Gasteiger partial charge in [0.2, 0.25) is 0 Å². The molecule has 0 radical (unpaired) electrons. The lowest BCUT2D eigenvalue weighted by atomic mass is 10.5. The molecule has 0 aliphatic rings. The molecule has 2 aromatic heterocycles. The molecule has 0 bridgehead atoms. The summed E-state index contributed by atoms with van der Waals surface area (Å²) < 4.78 is 0.790. The Morgan fingerprint density at radius 1 is 1.30 bits per heavy atom. The Morgan fingerprint density at radius 3 is 3.00 bits per heavy atom. The summed E-state index contributed by atoms with van der Waals surface area (Å²) in [6, 6.07) is 0. The predicted molar refractivity (Wildman–Crippen MR) is 45.1 cm³/mol. The fourth-order valence-corrected chi connectivity index (χ4v) is 1.70. The quantitative estimate of drug-likeness (QED) is 0.674. The fraction of sp³-hybridized carbons (Fsp3) is 0. The van der Waals surface area contributed by atoms with Crippen molar-refractivity contribution in [3.05, 3.63) is 21.6 Å². The molecule has 0 aliphatic heterocycles. The van der Waals surface area contributed by atoms with E-state index in [1.165, 1.54) is 0 Å². The minimum absolute atomic E-state index is 0.790. The van der Waals surface area contributed by atoms with Crippen molar-refractivity contribution < 1.29 is 0 Å². The normalized spacial score (nSPS) is 10.5. The Hall–Kier alpha value is -0.480. The highest BCUT2D eigenvalue weighted by atomic mass is 79.9. The van der Waals surface area contributed by atoms with E-state index in [0.717, 1.165) is 15.6 Å². The van der Waals surface area contributed by atoms with Crippen LogP contribution in [0.1, 0.15) is 0 Å². The van der Waals surface area contributed by atoms with E-state index in [-0.39, 0.29) is 0 Å². The summed E-state index contributed by atoms with van der Waals surface area (Å²) in [6.07, 6.45) is 1.70. The highest BCUT2D eigenvalue weighted by molar-refractivity contribution is 9.10. The average molecular weight is 215 g/mol. The number of nitrogens with zero attached hydrogens (tertiary/aromatic N) is 2. The van der Waals surface area contributed by atoms with Gasteiger partial charge in [-0.2, -0.15) is 0 Å². The van der Waals surface area contributed by atoms with Crippen LogP contribution in [-0.4, -0.2) is 9.97 Å². The highest BCUT2D eigenvalue weighted by Crippen LogP contribution is 2.16. The molecule has 2 aromatic rings. The Labute approximate surface area is 70.1 Å². The molecule has 2 rings (SSSR count). The molecule has 10 heavy (non-hydrogen) atoms. The van der Waals surface area contributed by atoms with E-state index < -0.39 is 0 Å². The first kappa shape index (κ1) is 6.24. The SMILES string of the molecule is Brc1cnc2cscc2n1. The number of hydrogen-bond acceptors (Lipinski definition) is 3. The number of halogens is 1. The van der Waals surface area contributed by atoms with Crippen LogP contribution >= 0.6 is 27.3 Å². The first-order valence-corrected chi connectivity index (χ1v) is 4.44. The molecule has 0 fully saturated rings. The van der Waals surface area contributed by atoms with Crippen LogP contribution in [0.5, 0.6) is 0 Å². The molecule has 0 aliphatic carbocycles. The third-order valence-corrected chi connectivity index (χ3v) is 2.26. The largest absolute Gasteiger partial charge is 0.251 e. The molecular weight excluding hydrogens is 212 g/mol. The van der Waals surface area contributed by atoms with Gasteiger partial charge in [-0.25, -0.2) is 4.98 Å².